The van der Waals surface area contributed by atoms with E-state index in [2.05, 4.69) is 25.7 Å². The Balaban J connectivity index is 3.55. The first kappa shape index (κ1) is 12.2. The van der Waals surface area contributed by atoms with Crippen molar-refractivity contribution in [2.45, 2.75) is 40.0 Å². The lowest BCUT2D eigenvalue weighted by molar-refractivity contribution is -0.121. The Morgan fingerprint density at radius 3 is 2.62 bits per heavy atom. The van der Waals surface area contributed by atoms with Gasteiger partial charge < -0.3 is 5.32 Å². The van der Waals surface area contributed by atoms with E-state index in [0.717, 1.165) is 19.4 Å². The molecule has 0 spiro atoms. The minimum absolute atomic E-state index is 0.124. The molecule has 13 heavy (non-hydrogen) atoms. The van der Waals surface area contributed by atoms with Crippen LogP contribution in [-0.2, 0) is 4.79 Å². The predicted molar refractivity (Wildman–Crippen MR) is 56.5 cm³/mol. The van der Waals surface area contributed by atoms with Crippen molar-refractivity contribution >= 4 is 5.91 Å². The maximum Gasteiger partial charge on any atom is 0.219 e. The van der Waals surface area contributed by atoms with Gasteiger partial charge in [-0.2, -0.15) is 0 Å². The van der Waals surface area contributed by atoms with Crippen molar-refractivity contribution in [3.63, 3.8) is 0 Å². The fraction of sp³-hybridized carbons (Fsp3) is 0.727. The summed E-state index contributed by atoms with van der Waals surface area (Å²) < 4.78 is 0. The van der Waals surface area contributed by atoms with Crippen LogP contribution in [0.5, 0.6) is 0 Å². The lowest BCUT2D eigenvalue weighted by Gasteiger charge is -2.19. The third-order valence-corrected chi connectivity index (χ3v) is 2.12. The maximum absolute atomic E-state index is 11.1. The molecular formula is C11H21NO. The number of nitrogens with one attached hydrogen (secondary N) is 1. The van der Waals surface area contributed by atoms with E-state index in [1.807, 2.05) is 13.0 Å². The van der Waals surface area contributed by atoms with E-state index in [-0.39, 0.29) is 11.3 Å². The van der Waals surface area contributed by atoms with Crippen LogP contribution < -0.4 is 5.32 Å². The number of carbonyl (C=O) groups is 1. The van der Waals surface area contributed by atoms with Crippen molar-refractivity contribution in [3.8, 4) is 0 Å². The standard InChI is InChI=1S/C11H21NO/c1-5-7-10(13)12-9-8-11(3,4)6-2/h6H,2,5,7-9H2,1,3-4H3,(H,12,13). The molecule has 2 nitrogen and oxygen atoms in total. The molecule has 0 aliphatic carbocycles. The number of hydrogen-bond acceptors (Lipinski definition) is 1. The van der Waals surface area contributed by atoms with Gasteiger partial charge in [-0.3, -0.25) is 4.79 Å². The molecule has 76 valence electrons. The summed E-state index contributed by atoms with van der Waals surface area (Å²) in [6.07, 6.45) is 4.43. The molecule has 0 aromatic heterocycles. The molecule has 0 aliphatic rings. The summed E-state index contributed by atoms with van der Waals surface area (Å²) >= 11 is 0. The van der Waals surface area contributed by atoms with Crippen molar-refractivity contribution in [3.05, 3.63) is 12.7 Å². The van der Waals surface area contributed by atoms with Crippen LogP contribution in [0.1, 0.15) is 40.0 Å². The first-order chi connectivity index (χ1) is 6.02. The molecule has 0 heterocycles. The summed E-state index contributed by atoms with van der Waals surface area (Å²) in [5.41, 5.74) is 0.124. The summed E-state index contributed by atoms with van der Waals surface area (Å²) in [4.78, 5) is 11.1. The average molecular weight is 183 g/mol. The SMILES string of the molecule is C=CC(C)(C)CCNC(=O)CCC. The van der Waals surface area contributed by atoms with E-state index in [1.54, 1.807) is 0 Å². The molecule has 0 aliphatic heterocycles. The second-order valence-corrected chi connectivity index (χ2v) is 4.04. The van der Waals surface area contributed by atoms with Crippen LogP contribution in [0, 0.1) is 5.41 Å². The topological polar surface area (TPSA) is 29.1 Å². The van der Waals surface area contributed by atoms with E-state index in [1.165, 1.54) is 0 Å². The molecule has 0 atom stereocenters. The molecule has 0 unspecified atom stereocenters. The van der Waals surface area contributed by atoms with Crippen molar-refractivity contribution in [1.29, 1.82) is 0 Å². The smallest absolute Gasteiger partial charge is 0.219 e. The van der Waals surface area contributed by atoms with Gasteiger partial charge in [-0.25, -0.2) is 0 Å². The van der Waals surface area contributed by atoms with Gasteiger partial charge in [-0.1, -0.05) is 26.8 Å². The Bertz CT molecular complexity index is 173. The number of amides is 1. The normalized spacial score (nSPS) is 11.0. The van der Waals surface area contributed by atoms with Crippen molar-refractivity contribution in [1.82, 2.24) is 5.32 Å². The first-order valence-electron chi connectivity index (χ1n) is 4.92. The Labute approximate surface area is 81.4 Å². The van der Waals surface area contributed by atoms with Crippen LogP contribution in [0.2, 0.25) is 0 Å². The highest BCUT2D eigenvalue weighted by molar-refractivity contribution is 5.75. The fourth-order valence-electron chi connectivity index (χ4n) is 0.942. The van der Waals surface area contributed by atoms with Gasteiger partial charge >= 0.3 is 0 Å². The highest BCUT2D eigenvalue weighted by atomic mass is 16.1. The zero-order chi connectivity index (χ0) is 10.3. The Kier molecular flexibility index (Phi) is 5.44. The summed E-state index contributed by atoms with van der Waals surface area (Å²) in [5.74, 6) is 0.155. The van der Waals surface area contributed by atoms with Crippen LogP contribution in [-0.4, -0.2) is 12.5 Å². The number of allylic oxidation sites excluding steroid dienone is 1. The van der Waals surface area contributed by atoms with Crippen LogP contribution in [0.25, 0.3) is 0 Å². The van der Waals surface area contributed by atoms with Crippen molar-refractivity contribution < 1.29 is 4.79 Å². The molecular weight excluding hydrogens is 162 g/mol. The van der Waals surface area contributed by atoms with Crippen molar-refractivity contribution in [2.24, 2.45) is 5.41 Å². The Morgan fingerprint density at radius 1 is 1.54 bits per heavy atom. The van der Waals surface area contributed by atoms with E-state index < -0.39 is 0 Å². The summed E-state index contributed by atoms with van der Waals surface area (Å²) in [6.45, 7) is 10.7. The molecule has 0 saturated heterocycles. The van der Waals surface area contributed by atoms with Crippen LogP contribution in [0.15, 0.2) is 12.7 Å². The number of carbonyl (C=O) groups excluding carboxylic acids is 1. The Morgan fingerprint density at radius 2 is 2.15 bits per heavy atom. The Hall–Kier alpha value is -0.790. The monoisotopic (exact) mass is 183 g/mol. The van der Waals surface area contributed by atoms with Gasteiger partial charge in [0.05, 0.1) is 0 Å². The van der Waals surface area contributed by atoms with Crippen LogP contribution >= 0.6 is 0 Å². The van der Waals surface area contributed by atoms with E-state index in [0.29, 0.717) is 6.42 Å². The zero-order valence-corrected chi connectivity index (χ0v) is 9.02. The van der Waals surface area contributed by atoms with Crippen LogP contribution in [0.4, 0.5) is 0 Å². The highest BCUT2D eigenvalue weighted by Crippen LogP contribution is 2.19. The largest absolute Gasteiger partial charge is 0.356 e. The molecule has 1 N–H and O–H groups in total. The van der Waals surface area contributed by atoms with Gasteiger partial charge in [0, 0.05) is 13.0 Å². The van der Waals surface area contributed by atoms with Gasteiger partial charge in [0.1, 0.15) is 0 Å². The molecule has 0 bridgehead atoms. The van der Waals surface area contributed by atoms with E-state index in [9.17, 15) is 4.79 Å². The lowest BCUT2D eigenvalue weighted by atomic mass is 9.90. The summed E-state index contributed by atoms with van der Waals surface area (Å²) in [7, 11) is 0. The second-order valence-electron chi connectivity index (χ2n) is 4.04. The molecule has 0 saturated carbocycles. The predicted octanol–water partition coefficient (Wildman–Crippen LogP) is 2.51. The summed E-state index contributed by atoms with van der Waals surface area (Å²) in [6, 6.07) is 0. The first-order valence-corrected chi connectivity index (χ1v) is 4.92. The van der Waals surface area contributed by atoms with Crippen molar-refractivity contribution in [2.75, 3.05) is 6.54 Å². The molecule has 0 radical (unpaired) electrons. The zero-order valence-electron chi connectivity index (χ0n) is 9.02. The molecule has 0 aromatic rings. The fourth-order valence-corrected chi connectivity index (χ4v) is 0.942. The second kappa shape index (κ2) is 5.79. The van der Waals surface area contributed by atoms with Gasteiger partial charge in [-0.15, -0.1) is 6.58 Å². The molecule has 2 heteroatoms. The average Bonchev–Trinajstić information content (AvgIpc) is 2.05. The van der Waals surface area contributed by atoms with Gasteiger partial charge in [-0.05, 0) is 18.3 Å². The molecule has 0 rings (SSSR count). The quantitative estimate of drug-likeness (QED) is 0.630. The third-order valence-electron chi connectivity index (χ3n) is 2.12. The number of hydrogen-bond donors (Lipinski definition) is 1. The van der Waals surface area contributed by atoms with Crippen LogP contribution in [0.3, 0.4) is 0 Å². The summed E-state index contributed by atoms with van der Waals surface area (Å²) in [5, 5.41) is 2.89. The van der Waals surface area contributed by atoms with Gasteiger partial charge in [0.15, 0.2) is 0 Å². The minimum atomic E-state index is 0.124. The highest BCUT2D eigenvalue weighted by Gasteiger charge is 2.12. The van der Waals surface area contributed by atoms with Gasteiger partial charge in [0.2, 0.25) is 5.91 Å². The van der Waals surface area contributed by atoms with E-state index in [4.69, 9.17) is 0 Å². The maximum atomic E-state index is 11.1. The molecule has 0 fully saturated rings. The van der Waals surface area contributed by atoms with E-state index >= 15 is 0 Å². The van der Waals surface area contributed by atoms with Gasteiger partial charge in [0.25, 0.3) is 0 Å². The molecule has 0 aromatic carbocycles. The lowest BCUT2D eigenvalue weighted by Crippen LogP contribution is -2.27. The third kappa shape index (κ3) is 6.38. The molecule has 1 amide bonds. The minimum Gasteiger partial charge on any atom is -0.356 e. The number of rotatable bonds is 6.